The lowest BCUT2D eigenvalue weighted by Crippen LogP contribution is -2.53. The molecule has 1 aromatic rings. The number of ether oxygens (including phenoxy) is 2. The fourth-order valence-electron chi connectivity index (χ4n) is 3.54. The van der Waals surface area contributed by atoms with Crippen molar-refractivity contribution in [3.05, 3.63) is 29.3 Å². The van der Waals surface area contributed by atoms with Gasteiger partial charge in [0, 0.05) is 32.1 Å². The maximum absolute atomic E-state index is 13.2. The highest BCUT2D eigenvalue weighted by atomic mass is 16.6. The lowest BCUT2D eigenvalue weighted by Gasteiger charge is -2.30. The molecular weight excluding hydrogens is 484 g/mol. The summed E-state index contributed by atoms with van der Waals surface area (Å²) in [5.41, 5.74) is -0.612. The van der Waals surface area contributed by atoms with Crippen LogP contribution in [0.4, 0.5) is 4.79 Å². The Balaban J connectivity index is 1.88. The number of amides is 5. The summed E-state index contributed by atoms with van der Waals surface area (Å²) < 4.78 is 10.7. The van der Waals surface area contributed by atoms with E-state index in [4.69, 9.17) is 9.47 Å². The van der Waals surface area contributed by atoms with Gasteiger partial charge in [-0.1, -0.05) is 12.1 Å². The zero-order valence-corrected chi connectivity index (χ0v) is 21.5. The molecule has 0 saturated carbocycles. The molecule has 1 unspecified atom stereocenters. The van der Waals surface area contributed by atoms with Gasteiger partial charge in [-0.25, -0.2) is 4.79 Å². The average molecular weight is 519 g/mol. The Morgan fingerprint density at radius 3 is 2.43 bits per heavy atom. The molecule has 1 atom stereocenters. The standard InChI is InChI=1S/C25H34N4O8/c1-25(2,3)37-24(35)27-13-6-5-12-26-20(32)15-36-18-9-7-8-16(14-30)21(18)23(34)29(4)17-10-11-19(31)28-22(17)33/h7-9,14,17H,5-6,10-13,15H2,1-4H3,(H,26,32)(H,27,35)(H,28,31,33). The van der Waals surface area contributed by atoms with Gasteiger partial charge in [-0.2, -0.15) is 0 Å². The van der Waals surface area contributed by atoms with Crippen molar-refractivity contribution in [2.75, 3.05) is 26.7 Å². The zero-order chi connectivity index (χ0) is 27.6. The number of imide groups is 1. The van der Waals surface area contributed by atoms with E-state index in [0.717, 1.165) is 4.90 Å². The molecular formula is C25H34N4O8. The summed E-state index contributed by atoms with van der Waals surface area (Å²) >= 11 is 0. The first-order valence-electron chi connectivity index (χ1n) is 12.0. The van der Waals surface area contributed by atoms with Crippen LogP contribution in [0.25, 0.3) is 0 Å². The van der Waals surface area contributed by atoms with Crippen LogP contribution in [0.2, 0.25) is 0 Å². The van der Waals surface area contributed by atoms with Crippen molar-refractivity contribution in [1.82, 2.24) is 20.9 Å². The summed E-state index contributed by atoms with van der Waals surface area (Å²) in [5, 5.41) is 7.51. The number of hydrogen-bond acceptors (Lipinski definition) is 8. The number of aldehydes is 1. The highest BCUT2D eigenvalue weighted by Gasteiger charge is 2.34. The van der Waals surface area contributed by atoms with E-state index < -0.39 is 48.0 Å². The molecule has 0 aliphatic carbocycles. The van der Waals surface area contributed by atoms with Crippen molar-refractivity contribution in [1.29, 1.82) is 0 Å². The molecule has 12 heteroatoms. The van der Waals surface area contributed by atoms with E-state index in [2.05, 4.69) is 16.0 Å². The minimum absolute atomic E-state index is 0.0189. The summed E-state index contributed by atoms with van der Waals surface area (Å²) in [6, 6.07) is 3.51. The molecule has 0 aromatic heterocycles. The van der Waals surface area contributed by atoms with E-state index in [1.807, 2.05) is 0 Å². The number of carbonyl (C=O) groups is 6. The van der Waals surface area contributed by atoms with Crippen LogP contribution in [-0.2, 0) is 19.1 Å². The molecule has 1 aromatic carbocycles. The Bertz CT molecular complexity index is 1030. The van der Waals surface area contributed by atoms with E-state index >= 15 is 0 Å². The molecule has 1 fully saturated rings. The first-order chi connectivity index (χ1) is 17.4. The second kappa shape index (κ2) is 13.4. The Labute approximate surface area is 215 Å². The summed E-state index contributed by atoms with van der Waals surface area (Å²) in [5.74, 6) is -2.08. The predicted molar refractivity (Wildman–Crippen MR) is 132 cm³/mol. The van der Waals surface area contributed by atoms with Crippen LogP contribution in [0.5, 0.6) is 5.75 Å². The minimum atomic E-state index is -0.883. The molecule has 202 valence electrons. The third-order valence-electron chi connectivity index (χ3n) is 5.35. The quantitative estimate of drug-likeness (QED) is 0.224. The molecule has 12 nitrogen and oxygen atoms in total. The number of nitrogens with zero attached hydrogens (tertiary/aromatic N) is 1. The number of nitrogens with one attached hydrogen (secondary N) is 3. The van der Waals surface area contributed by atoms with Gasteiger partial charge in [0.2, 0.25) is 11.8 Å². The van der Waals surface area contributed by atoms with Crippen LogP contribution in [-0.4, -0.2) is 79.3 Å². The van der Waals surface area contributed by atoms with Crippen molar-refractivity contribution in [2.45, 2.75) is 58.1 Å². The summed E-state index contributed by atoms with van der Waals surface area (Å²) in [4.78, 5) is 73.4. The molecule has 0 spiro atoms. The number of rotatable bonds is 11. The van der Waals surface area contributed by atoms with Gasteiger partial charge in [-0.05, 0) is 46.1 Å². The Kier molecular flexibility index (Phi) is 10.6. The van der Waals surface area contributed by atoms with Crippen LogP contribution >= 0.6 is 0 Å². The molecule has 0 bridgehead atoms. The smallest absolute Gasteiger partial charge is 0.407 e. The molecule has 5 amide bonds. The molecule has 1 heterocycles. The van der Waals surface area contributed by atoms with E-state index in [0.29, 0.717) is 32.2 Å². The second-order valence-corrected chi connectivity index (χ2v) is 9.50. The third-order valence-corrected chi connectivity index (χ3v) is 5.35. The topological polar surface area (TPSA) is 160 Å². The second-order valence-electron chi connectivity index (χ2n) is 9.50. The summed E-state index contributed by atoms with van der Waals surface area (Å²) in [6.45, 7) is 5.65. The van der Waals surface area contributed by atoms with E-state index in [9.17, 15) is 28.8 Å². The summed E-state index contributed by atoms with van der Waals surface area (Å²) in [6.07, 6.45) is 1.45. The molecule has 1 aliphatic rings. The lowest BCUT2D eigenvalue weighted by molar-refractivity contribution is -0.136. The highest BCUT2D eigenvalue weighted by molar-refractivity contribution is 6.07. The Morgan fingerprint density at radius 2 is 1.81 bits per heavy atom. The fourth-order valence-corrected chi connectivity index (χ4v) is 3.54. The van der Waals surface area contributed by atoms with Crippen molar-refractivity contribution in [2.24, 2.45) is 0 Å². The molecule has 2 rings (SSSR count). The fraction of sp³-hybridized carbons (Fsp3) is 0.520. The van der Waals surface area contributed by atoms with E-state index in [1.54, 1.807) is 20.8 Å². The van der Waals surface area contributed by atoms with Gasteiger partial charge in [0.15, 0.2) is 12.9 Å². The number of piperidine rings is 1. The Hall–Kier alpha value is -3.96. The van der Waals surface area contributed by atoms with Crippen molar-refractivity contribution < 1.29 is 38.2 Å². The zero-order valence-electron chi connectivity index (χ0n) is 21.5. The molecule has 1 saturated heterocycles. The normalized spacial score (nSPS) is 15.3. The monoisotopic (exact) mass is 518 g/mol. The highest BCUT2D eigenvalue weighted by Crippen LogP contribution is 2.25. The van der Waals surface area contributed by atoms with Crippen molar-refractivity contribution in [3.8, 4) is 5.75 Å². The number of carbonyl (C=O) groups excluding carboxylic acids is 6. The van der Waals surface area contributed by atoms with Gasteiger partial charge >= 0.3 is 6.09 Å². The van der Waals surface area contributed by atoms with Crippen LogP contribution in [0.3, 0.4) is 0 Å². The van der Waals surface area contributed by atoms with Crippen LogP contribution < -0.4 is 20.7 Å². The predicted octanol–water partition coefficient (Wildman–Crippen LogP) is 1.18. The molecule has 0 radical (unpaired) electrons. The number of unbranched alkanes of at least 4 members (excludes halogenated alkanes) is 1. The summed E-state index contributed by atoms with van der Waals surface area (Å²) in [7, 11) is 1.40. The average Bonchev–Trinajstić information content (AvgIpc) is 2.82. The van der Waals surface area contributed by atoms with E-state index in [1.165, 1.54) is 25.2 Å². The van der Waals surface area contributed by atoms with Gasteiger partial charge in [0.1, 0.15) is 17.4 Å². The number of benzene rings is 1. The molecule has 3 N–H and O–H groups in total. The van der Waals surface area contributed by atoms with Gasteiger partial charge < -0.3 is 25.0 Å². The Morgan fingerprint density at radius 1 is 1.14 bits per heavy atom. The van der Waals surface area contributed by atoms with Crippen LogP contribution in [0, 0.1) is 0 Å². The van der Waals surface area contributed by atoms with Gasteiger partial charge in [0.05, 0.1) is 5.56 Å². The van der Waals surface area contributed by atoms with Gasteiger partial charge in [-0.15, -0.1) is 0 Å². The molecule has 37 heavy (non-hydrogen) atoms. The SMILES string of the molecule is CN(C(=O)c1c(C=O)cccc1OCC(=O)NCCCCNC(=O)OC(C)(C)C)C1CCC(=O)NC1=O. The maximum Gasteiger partial charge on any atom is 0.407 e. The number of alkyl carbamates (subject to hydrolysis) is 1. The number of hydrogen-bond donors (Lipinski definition) is 3. The third kappa shape index (κ3) is 9.21. The maximum atomic E-state index is 13.2. The van der Waals surface area contributed by atoms with Crippen LogP contribution in [0.15, 0.2) is 18.2 Å². The van der Waals surface area contributed by atoms with Crippen molar-refractivity contribution in [3.63, 3.8) is 0 Å². The minimum Gasteiger partial charge on any atom is -0.483 e. The van der Waals surface area contributed by atoms with Crippen LogP contribution in [0.1, 0.15) is 67.2 Å². The van der Waals surface area contributed by atoms with E-state index in [-0.39, 0.29) is 29.7 Å². The molecule has 1 aliphatic heterocycles. The van der Waals surface area contributed by atoms with Crippen molar-refractivity contribution >= 4 is 36.0 Å². The first-order valence-corrected chi connectivity index (χ1v) is 12.0. The lowest BCUT2D eigenvalue weighted by atomic mass is 10.0. The first kappa shape index (κ1) is 29.3. The number of likely N-dealkylation sites (N-methyl/N-ethyl adjacent to an activating group) is 1. The van der Waals surface area contributed by atoms with Gasteiger partial charge in [-0.3, -0.25) is 29.3 Å². The largest absolute Gasteiger partial charge is 0.483 e. The van der Waals surface area contributed by atoms with Gasteiger partial charge in [0.25, 0.3) is 11.8 Å².